The van der Waals surface area contributed by atoms with Crippen LogP contribution in [0, 0.1) is 0 Å². The van der Waals surface area contributed by atoms with Crippen molar-refractivity contribution in [3.05, 3.63) is 0 Å². The van der Waals surface area contributed by atoms with E-state index in [0.29, 0.717) is 6.04 Å². The molecule has 0 bridgehead atoms. The molecule has 1 atom stereocenters. The summed E-state index contributed by atoms with van der Waals surface area (Å²) in [4.78, 5) is 4.53. The summed E-state index contributed by atoms with van der Waals surface area (Å²) in [6.07, 6.45) is 1.13. The third-order valence-electron chi connectivity index (χ3n) is 1.48. The molecule has 3 heteroatoms. The van der Waals surface area contributed by atoms with Crippen molar-refractivity contribution in [2.24, 2.45) is 4.99 Å². The molecular weight excluding hydrogens is 156 g/mol. The Balaban J connectivity index is 3.88. The smallest absolute Gasteiger partial charge is 0.255 e. The van der Waals surface area contributed by atoms with E-state index >= 15 is 0 Å². The molecule has 0 aromatic rings. The van der Waals surface area contributed by atoms with Gasteiger partial charge < -0.3 is 0 Å². The summed E-state index contributed by atoms with van der Waals surface area (Å²) in [7, 11) is 2.05. The van der Waals surface area contributed by atoms with E-state index in [1.54, 1.807) is 0 Å². The van der Waals surface area contributed by atoms with Gasteiger partial charge >= 0.3 is 0 Å². The topological polar surface area (TPSA) is 29.0 Å². The monoisotopic (exact) mass is 175 g/mol. The Morgan fingerprint density at radius 1 is 1.55 bits per heavy atom. The summed E-state index contributed by atoms with van der Waals surface area (Å²) in [5, 5.41) is 3.27. The van der Waals surface area contributed by atoms with E-state index in [1.165, 1.54) is 5.17 Å². The number of thioether (sulfide) groups is 1. The van der Waals surface area contributed by atoms with Crippen LogP contribution >= 0.6 is 11.8 Å². The van der Waals surface area contributed by atoms with Crippen molar-refractivity contribution in [1.29, 1.82) is 0 Å². The number of nitrogens with zero attached hydrogens (tertiary/aromatic N) is 1. The lowest BCUT2D eigenvalue weighted by Gasteiger charge is -2.02. The average molecular weight is 175 g/mol. The van der Waals surface area contributed by atoms with Crippen LogP contribution in [-0.2, 0) is 0 Å². The zero-order chi connectivity index (χ0) is 8.69. The lowest BCUT2D eigenvalue weighted by atomic mass is 10.3. The zero-order valence-electron chi connectivity index (χ0n) is 7.92. The lowest BCUT2D eigenvalue weighted by Crippen LogP contribution is -2.83. The minimum atomic E-state index is 0.472. The van der Waals surface area contributed by atoms with Gasteiger partial charge in [-0.05, 0) is 25.1 Å². The molecule has 0 fully saturated rings. The van der Waals surface area contributed by atoms with Gasteiger partial charge in [-0.1, -0.05) is 13.8 Å². The van der Waals surface area contributed by atoms with Gasteiger partial charge in [0.25, 0.3) is 5.17 Å². The van der Waals surface area contributed by atoms with Crippen molar-refractivity contribution in [3.63, 3.8) is 0 Å². The number of hydrogen-bond donors (Lipinski definition) is 1. The molecule has 2 N–H and O–H groups in total. The summed E-state index contributed by atoms with van der Waals surface area (Å²) >= 11 is 1.81. The molecule has 66 valence electrons. The summed E-state index contributed by atoms with van der Waals surface area (Å²) in [5.74, 6) is 1.11. The highest BCUT2D eigenvalue weighted by atomic mass is 32.2. The Labute approximate surface area is 73.9 Å². The van der Waals surface area contributed by atoms with Gasteiger partial charge in [-0.25, -0.2) is 4.99 Å². The molecule has 0 saturated heterocycles. The fourth-order valence-electron chi connectivity index (χ4n) is 0.652. The van der Waals surface area contributed by atoms with Gasteiger partial charge in [0.15, 0.2) is 0 Å². The van der Waals surface area contributed by atoms with E-state index < -0.39 is 0 Å². The Kier molecular flexibility index (Phi) is 6.66. The van der Waals surface area contributed by atoms with E-state index in [9.17, 15) is 0 Å². The average Bonchev–Trinajstić information content (AvgIpc) is 2.03. The highest BCUT2D eigenvalue weighted by Gasteiger charge is 2.02. The molecule has 0 aromatic heterocycles. The van der Waals surface area contributed by atoms with Crippen LogP contribution in [0.5, 0.6) is 0 Å². The highest BCUT2D eigenvalue weighted by Crippen LogP contribution is 2.01. The first-order valence-corrected chi connectivity index (χ1v) is 5.23. The number of nitrogens with two attached hydrogens (primary N) is 1. The maximum absolute atomic E-state index is 4.53. The molecule has 0 aliphatic heterocycles. The minimum Gasteiger partial charge on any atom is -0.294 e. The van der Waals surface area contributed by atoms with E-state index in [-0.39, 0.29) is 0 Å². The van der Waals surface area contributed by atoms with Crippen LogP contribution < -0.4 is 5.32 Å². The third-order valence-corrected chi connectivity index (χ3v) is 2.40. The first kappa shape index (κ1) is 11.0. The number of quaternary nitrogens is 1. The van der Waals surface area contributed by atoms with Crippen molar-refractivity contribution in [3.8, 4) is 0 Å². The van der Waals surface area contributed by atoms with Crippen LogP contribution in [0.2, 0.25) is 0 Å². The molecule has 1 unspecified atom stereocenters. The predicted molar refractivity (Wildman–Crippen MR) is 53.2 cm³/mol. The third kappa shape index (κ3) is 5.27. The number of rotatable bonds is 3. The second-order valence-electron chi connectivity index (χ2n) is 2.45. The second-order valence-corrected chi connectivity index (χ2v) is 3.73. The number of amidine groups is 1. The van der Waals surface area contributed by atoms with Crippen molar-refractivity contribution >= 4 is 16.9 Å². The van der Waals surface area contributed by atoms with Gasteiger partial charge in [0, 0.05) is 5.75 Å². The molecule has 0 aromatic carbocycles. The van der Waals surface area contributed by atoms with Crippen molar-refractivity contribution in [1.82, 2.24) is 0 Å². The summed E-state index contributed by atoms with van der Waals surface area (Å²) in [6, 6.07) is 0.472. The fourth-order valence-corrected chi connectivity index (χ4v) is 1.37. The van der Waals surface area contributed by atoms with Crippen molar-refractivity contribution < 1.29 is 5.32 Å². The van der Waals surface area contributed by atoms with E-state index in [2.05, 4.69) is 31.1 Å². The molecule has 0 aliphatic carbocycles. The molecule has 2 nitrogen and oxygen atoms in total. The normalized spacial score (nSPS) is 15.1. The lowest BCUT2D eigenvalue weighted by molar-refractivity contribution is -0.500. The van der Waals surface area contributed by atoms with Crippen LogP contribution in [0.4, 0.5) is 0 Å². The first-order chi connectivity index (χ1) is 5.24. The summed E-state index contributed by atoms with van der Waals surface area (Å²) in [5.41, 5.74) is 0. The SMILES string of the molecule is CCSC(=NC(C)CC)[NH2+]C. The second kappa shape index (κ2) is 6.68. The van der Waals surface area contributed by atoms with Crippen LogP contribution in [0.15, 0.2) is 4.99 Å². The van der Waals surface area contributed by atoms with Gasteiger partial charge in [-0.15, -0.1) is 0 Å². The van der Waals surface area contributed by atoms with Crippen molar-refractivity contribution in [2.45, 2.75) is 33.2 Å². The Morgan fingerprint density at radius 2 is 2.18 bits per heavy atom. The number of aliphatic imine (C=N–C) groups is 1. The van der Waals surface area contributed by atoms with Crippen LogP contribution in [-0.4, -0.2) is 24.0 Å². The summed E-state index contributed by atoms with van der Waals surface area (Å²) in [6.45, 7) is 6.47. The predicted octanol–water partition coefficient (Wildman–Crippen LogP) is 1.09. The van der Waals surface area contributed by atoms with E-state index in [4.69, 9.17) is 0 Å². The standard InChI is InChI=1S/C8H18N2S/c1-5-7(3)10-8(9-4)11-6-2/h7H,5-6H2,1-4H3,(H,9,10)/p+1. The van der Waals surface area contributed by atoms with Crippen LogP contribution in [0.3, 0.4) is 0 Å². The summed E-state index contributed by atoms with van der Waals surface area (Å²) < 4.78 is 0. The molecule has 0 radical (unpaired) electrons. The van der Waals surface area contributed by atoms with Crippen LogP contribution in [0.25, 0.3) is 0 Å². The fraction of sp³-hybridized carbons (Fsp3) is 0.875. The van der Waals surface area contributed by atoms with Gasteiger partial charge in [0.2, 0.25) is 0 Å². The first-order valence-electron chi connectivity index (χ1n) is 4.24. The molecule has 0 aliphatic rings. The molecule has 0 rings (SSSR count). The zero-order valence-corrected chi connectivity index (χ0v) is 8.74. The molecular formula is C8H19N2S+. The quantitative estimate of drug-likeness (QED) is 0.505. The Morgan fingerprint density at radius 3 is 2.55 bits per heavy atom. The Bertz CT molecular complexity index is 123. The largest absolute Gasteiger partial charge is 0.294 e. The van der Waals surface area contributed by atoms with Gasteiger partial charge in [0.1, 0.15) is 0 Å². The molecule has 0 amide bonds. The molecule has 11 heavy (non-hydrogen) atoms. The maximum atomic E-state index is 4.53. The molecule has 0 spiro atoms. The molecule has 0 saturated carbocycles. The Hall–Kier alpha value is -0.0200. The van der Waals surface area contributed by atoms with Gasteiger partial charge in [-0.2, -0.15) is 0 Å². The van der Waals surface area contributed by atoms with E-state index in [0.717, 1.165) is 12.2 Å². The van der Waals surface area contributed by atoms with Gasteiger partial charge in [-0.3, -0.25) is 5.32 Å². The number of hydrogen-bond acceptors (Lipinski definition) is 2. The van der Waals surface area contributed by atoms with Crippen LogP contribution in [0.1, 0.15) is 27.2 Å². The van der Waals surface area contributed by atoms with Crippen molar-refractivity contribution in [2.75, 3.05) is 12.8 Å². The highest BCUT2D eigenvalue weighted by molar-refractivity contribution is 8.13. The maximum Gasteiger partial charge on any atom is 0.255 e. The minimum absolute atomic E-state index is 0.472. The molecule has 0 heterocycles. The van der Waals surface area contributed by atoms with E-state index in [1.807, 2.05) is 18.8 Å². The van der Waals surface area contributed by atoms with Gasteiger partial charge in [0.05, 0.1) is 13.1 Å².